The van der Waals surface area contributed by atoms with E-state index in [1.54, 1.807) is 7.11 Å². The van der Waals surface area contributed by atoms with Crippen molar-refractivity contribution in [2.75, 3.05) is 7.11 Å². The normalized spacial score (nSPS) is 22.5. The molecular weight excluding hydrogens is 270 g/mol. The van der Waals surface area contributed by atoms with Gasteiger partial charge in [-0.1, -0.05) is 32.0 Å². The number of ether oxygens (including phenoxy) is 2. The molecule has 4 heteroatoms. The molecule has 0 spiro atoms. The molecule has 0 aliphatic heterocycles. The first-order chi connectivity index (χ1) is 9.60. The van der Waals surface area contributed by atoms with Crippen molar-refractivity contribution < 1.29 is 9.47 Å². The molecule has 1 saturated carbocycles. The van der Waals surface area contributed by atoms with Crippen LogP contribution in [0.2, 0.25) is 0 Å². The van der Waals surface area contributed by atoms with Gasteiger partial charge in [0, 0.05) is 11.1 Å². The number of nitrogens with two attached hydrogens (primary N) is 1. The lowest BCUT2D eigenvalue weighted by atomic mass is 9.89. The average Bonchev–Trinajstić information content (AvgIpc) is 2.44. The molecule has 1 aliphatic rings. The standard InChI is InChI=1S/C16H23NO2S/c1-11-4-3-5-14(8-11)19-10-13-9-12(16(17)20)6-7-15(13)18-2/h6-7,9,11,14H,3-5,8,10H2,1-2H3,(H2,17,20). The van der Waals surface area contributed by atoms with Gasteiger partial charge in [0.1, 0.15) is 10.7 Å². The van der Waals surface area contributed by atoms with Crippen LogP contribution in [0.1, 0.15) is 43.7 Å². The zero-order valence-corrected chi connectivity index (χ0v) is 13.0. The van der Waals surface area contributed by atoms with Gasteiger partial charge in [-0.15, -0.1) is 0 Å². The van der Waals surface area contributed by atoms with E-state index in [1.165, 1.54) is 12.8 Å². The van der Waals surface area contributed by atoms with Gasteiger partial charge in [0.2, 0.25) is 0 Å². The van der Waals surface area contributed by atoms with Gasteiger partial charge in [-0.2, -0.15) is 0 Å². The number of benzene rings is 1. The van der Waals surface area contributed by atoms with E-state index in [1.807, 2.05) is 18.2 Å². The van der Waals surface area contributed by atoms with Gasteiger partial charge in [0.05, 0.1) is 19.8 Å². The van der Waals surface area contributed by atoms with Crippen LogP contribution in [-0.2, 0) is 11.3 Å². The lowest BCUT2D eigenvalue weighted by Gasteiger charge is -2.27. The molecule has 0 bridgehead atoms. The molecule has 1 fully saturated rings. The highest BCUT2D eigenvalue weighted by molar-refractivity contribution is 7.80. The minimum absolute atomic E-state index is 0.358. The van der Waals surface area contributed by atoms with Crippen LogP contribution < -0.4 is 10.5 Å². The molecule has 3 nitrogen and oxygen atoms in total. The molecule has 1 aliphatic carbocycles. The second-order valence-corrected chi connectivity index (χ2v) is 6.04. The van der Waals surface area contributed by atoms with Crippen molar-refractivity contribution >= 4 is 17.2 Å². The molecule has 2 atom stereocenters. The van der Waals surface area contributed by atoms with Crippen LogP contribution in [0.25, 0.3) is 0 Å². The first kappa shape index (κ1) is 15.3. The summed E-state index contributed by atoms with van der Waals surface area (Å²) in [6.07, 6.45) is 5.24. The van der Waals surface area contributed by atoms with Crippen LogP contribution >= 0.6 is 12.2 Å². The second-order valence-electron chi connectivity index (χ2n) is 5.60. The van der Waals surface area contributed by atoms with E-state index in [9.17, 15) is 0 Å². The Bertz CT molecular complexity index is 476. The number of rotatable bonds is 5. The summed E-state index contributed by atoms with van der Waals surface area (Å²) in [5.41, 5.74) is 7.55. The topological polar surface area (TPSA) is 44.5 Å². The van der Waals surface area contributed by atoms with Crippen molar-refractivity contribution in [2.24, 2.45) is 11.7 Å². The first-order valence-electron chi connectivity index (χ1n) is 7.18. The van der Waals surface area contributed by atoms with E-state index in [0.29, 0.717) is 17.7 Å². The molecule has 0 radical (unpaired) electrons. The molecule has 0 amide bonds. The van der Waals surface area contributed by atoms with Crippen molar-refractivity contribution in [3.05, 3.63) is 29.3 Å². The summed E-state index contributed by atoms with van der Waals surface area (Å²) in [6, 6.07) is 5.75. The third-order valence-electron chi connectivity index (χ3n) is 3.93. The number of hydrogen-bond donors (Lipinski definition) is 1. The number of methoxy groups -OCH3 is 1. The Labute approximate surface area is 126 Å². The molecule has 2 unspecified atom stereocenters. The molecular formula is C16H23NO2S. The maximum absolute atomic E-state index is 6.05. The van der Waals surface area contributed by atoms with Crippen LogP contribution in [0.4, 0.5) is 0 Å². The molecule has 0 heterocycles. The van der Waals surface area contributed by atoms with Crippen molar-refractivity contribution in [1.29, 1.82) is 0 Å². The summed E-state index contributed by atoms with van der Waals surface area (Å²) in [5, 5.41) is 0. The Balaban J connectivity index is 2.03. The minimum atomic E-state index is 0.358. The summed E-state index contributed by atoms with van der Waals surface area (Å²) < 4.78 is 11.4. The van der Waals surface area contributed by atoms with Crippen molar-refractivity contribution in [3.8, 4) is 5.75 Å². The quantitative estimate of drug-likeness (QED) is 0.845. The minimum Gasteiger partial charge on any atom is -0.496 e. The third kappa shape index (κ3) is 3.93. The largest absolute Gasteiger partial charge is 0.496 e. The Hall–Kier alpha value is -1.13. The molecule has 2 N–H and O–H groups in total. The van der Waals surface area contributed by atoms with E-state index in [4.69, 9.17) is 27.4 Å². The predicted octanol–water partition coefficient (Wildman–Crippen LogP) is 3.42. The summed E-state index contributed by atoms with van der Waals surface area (Å²) in [5.74, 6) is 1.59. The highest BCUT2D eigenvalue weighted by atomic mass is 32.1. The van der Waals surface area contributed by atoms with Gasteiger partial charge < -0.3 is 15.2 Å². The summed E-state index contributed by atoms with van der Waals surface area (Å²) in [7, 11) is 1.67. The summed E-state index contributed by atoms with van der Waals surface area (Å²) in [6.45, 7) is 2.85. The number of thiocarbonyl (C=S) groups is 1. The lowest BCUT2D eigenvalue weighted by Crippen LogP contribution is -2.21. The van der Waals surface area contributed by atoms with E-state index in [0.717, 1.165) is 35.6 Å². The highest BCUT2D eigenvalue weighted by Gasteiger charge is 2.19. The maximum Gasteiger partial charge on any atom is 0.124 e. The Kier molecular flexibility index (Phi) is 5.38. The van der Waals surface area contributed by atoms with Crippen LogP contribution in [-0.4, -0.2) is 18.2 Å². The van der Waals surface area contributed by atoms with E-state index >= 15 is 0 Å². The molecule has 110 valence electrons. The Morgan fingerprint density at radius 2 is 2.20 bits per heavy atom. The molecule has 0 saturated heterocycles. The fourth-order valence-corrected chi connectivity index (χ4v) is 2.91. The smallest absolute Gasteiger partial charge is 0.124 e. The highest BCUT2D eigenvalue weighted by Crippen LogP contribution is 2.28. The zero-order valence-electron chi connectivity index (χ0n) is 12.2. The van der Waals surface area contributed by atoms with Gasteiger partial charge in [-0.05, 0) is 37.0 Å². The van der Waals surface area contributed by atoms with Gasteiger partial charge in [0.15, 0.2) is 0 Å². The zero-order chi connectivity index (χ0) is 14.5. The van der Waals surface area contributed by atoms with Crippen molar-refractivity contribution in [3.63, 3.8) is 0 Å². The number of hydrogen-bond acceptors (Lipinski definition) is 3. The molecule has 2 rings (SSSR count). The average molecular weight is 293 g/mol. The van der Waals surface area contributed by atoms with Crippen LogP contribution in [0.5, 0.6) is 5.75 Å². The molecule has 1 aromatic carbocycles. The lowest BCUT2D eigenvalue weighted by molar-refractivity contribution is 0.00395. The first-order valence-corrected chi connectivity index (χ1v) is 7.59. The van der Waals surface area contributed by atoms with Gasteiger partial charge in [-0.3, -0.25) is 0 Å². The van der Waals surface area contributed by atoms with E-state index < -0.39 is 0 Å². The Morgan fingerprint density at radius 1 is 1.40 bits per heavy atom. The fourth-order valence-electron chi connectivity index (χ4n) is 2.78. The van der Waals surface area contributed by atoms with Crippen molar-refractivity contribution in [1.82, 2.24) is 0 Å². The molecule has 20 heavy (non-hydrogen) atoms. The van der Waals surface area contributed by atoms with Crippen LogP contribution in [0, 0.1) is 5.92 Å². The predicted molar refractivity (Wildman–Crippen MR) is 85.1 cm³/mol. The summed E-state index contributed by atoms with van der Waals surface area (Å²) in [4.78, 5) is 0.403. The summed E-state index contributed by atoms with van der Waals surface area (Å²) >= 11 is 5.02. The van der Waals surface area contributed by atoms with Crippen LogP contribution in [0.15, 0.2) is 18.2 Å². The van der Waals surface area contributed by atoms with E-state index in [-0.39, 0.29) is 0 Å². The Morgan fingerprint density at radius 3 is 2.85 bits per heavy atom. The fraction of sp³-hybridized carbons (Fsp3) is 0.562. The van der Waals surface area contributed by atoms with E-state index in [2.05, 4.69) is 6.92 Å². The molecule has 0 aromatic heterocycles. The van der Waals surface area contributed by atoms with Crippen molar-refractivity contribution in [2.45, 2.75) is 45.3 Å². The SMILES string of the molecule is COc1ccc(C(N)=S)cc1COC1CCCC(C)C1. The maximum atomic E-state index is 6.05. The van der Waals surface area contributed by atoms with Gasteiger partial charge >= 0.3 is 0 Å². The monoisotopic (exact) mass is 293 g/mol. The third-order valence-corrected chi connectivity index (χ3v) is 4.16. The van der Waals surface area contributed by atoms with Crippen LogP contribution in [0.3, 0.4) is 0 Å². The molecule has 1 aromatic rings. The van der Waals surface area contributed by atoms with Gasteiger partial charge in [-0.25, -0.2) is 0 Å². The second kappa shape index (κ2) is 7.04. The van der Waals surface area contributed by atoms with Gasteiger partial charge in [0.25, 0.3) is 0 Å².